The van der Waals surface area contributed by atoms with Gasteiger partial charge in [-0.2, -0.15) is 9.97 Å². The minimum Gasteiger partial charge on any atom is -0.494 e. The number of fused-ring (bicyclic) bond motifs is 2. The van der Waals surface area contributed by atoms with Gasteiger partial charge in [0, 0.05) is 42.0 Å². The van der Waals surface area contributed by atoms with Crippen LogP contribution >= 0.6 is 123 Å². The minimum atomic E-state index is -3.22. The van der Waals surface area contributed by atoms with E-state index in [1.807, 2.05) is 0 Å². The largest absolute Gasteiger partial charge is 0.494 e. The zero-order chi connectivity index (χ0) is 59.5. The number of nitrogens with one attached hydrogen (secondary N) is 8. The number of nitro groups is 3. The highest BCUT2D eigenvalue weighted by molar-refractivity contribution is 8.24. The Hall–Kier alpha value is -7.56. The number of halogens is 5. The number of hydrogen-bond acceptors (Lipinski definition) is 22. The third-order valence-electron chi connectivity index (χ3n) is 9.98. The number of nitro benzene ring substituents is 3. The predicted molar refractivity (Wildman–Crippen MR) is 315 cm³/mol. The van der Waals surface area contributed by atoms with Gasteiger partial charge in [-0.1, -0.05) is 62.3 Å². The number of thiocarbonyl (C=S) groups is 1. The Labute approximate surface area is 507 Å². The molecule has 0 spiro atoms. The van der Waals surface area contributed by atoms with Crippen molar-refractivity contribution in [3.8, 4) is 23.5 Å². The van der Waals surface area contributed by atoms with Crippen molar-refractivity contribution in [2.45, 2.75) is 33.1 Å². The molecule has 0 radical (unpaired) electrons. The van der Waals surface area contributed by atoms with Gasteiger partial charge in [-0.25, -0.2) is 0 Å². The molecule has 82 heavy (non-hydrogen) atoms. The summed E-state index contributed by atoms with van der Waals surface area (Å²) in [6.45, 7) is 0. The number of nitrogens with zero attached hydrogens (tertiary/aromatic N) is 5. The van der Waals surface area contributed by atoms with Gasteiger partial charge in [0.15, 0.2) is 26.4 Å². The summed E-state index contributed by atoms with van der Waals surface area (Å²) < 4.78 is 15.2. The van der Waals surface area contributed by atoms with E-state index in [1.165, 1.54) is 48.5 Å². The molecule has 432 valence electrons. The number of benzene rings is 3. The van der Waals surface area contributed by atoms with Gasteiger partial charge < -0.3 is 45.5 Å². The number of carbonyl (C=O) groups is 3. The maximum atomic E-state index is 12.5. The molecule has 0 aliphatic carbocycles. The molecule has 28 nitrogen and oxygen atoms in total. The molecule has 7 aromatic rings. The van der Waals surface area contributed by atoms with Crippen molar-refractivity contribution in [1.82, 2.24) is 50.5 Å². The Balaban J connectivity index is 0.000000301. The number of non-ortho nitro benzene ring substituents is 3. The summed E-state index contributed by atoms with van der Waals surface area (Å²) >= 11 is 50.8. The average molecular weight is 1340 g/mol. The van der Waals surface area contributed by atoms with Crippen LogP contribution in [0.15, 0.2) is 82.4 Å². The van der Waals surface area contributed by atoms with Gasteiger partial charge in [-0.05, 0) is 118 Å². The van der Waals surface area contributed by atoms with E-state index in [9.17, 15) is 69.1 Å². The first kappa shape index (κ1) is 68.7. The molecule has 1 fully saturated rings. The lowest BCUT2D eigenvalue weighted by atomic mass is 9.86. The Morgan fingerprint density at radius 1 is 0.622 bits per heavy atom. The van der Waals surface area contributed by atoms with E-state index < -0.39 is 54.7 Å². The van der Waals surface area contributed by atoms with Crippen molar-refractivity contribution in [3.05, 3.63) is 192 Å². The van der Waals surface area contributed by atoms with Crippen LogP contribution in [0.3, 0.4) is 0 Å². The van der Waals surface area contributed by atoms with Crippen LogP contribution in [0.2, 0.25) is 10.3 Å². The maximum absolute atomic E-state index is 12.5. The number of aromatic nitrogens is 8. The fourth-order valence-electron chi connectivity index (χ4n) is 6.85. The number of aldehydes is 1. The number of aromatic amines is 6. The van der Waals surface area contributed by atoms with E-state index in [1.54, 1.807) is 12.1 Å². The summed E-state index contributed by atoms with van der Waals surface area (Å²) in [7, 11) is 0. The van der Waals surface area contributed by atoms with Gasteiger partial charge in [0.05, 0.1) is 48.9 Å². The summed E-state index contributed by atoms with van der Waals surface area (Å²) in [6, 6.07) is 16.3. The number of hydrogen-bond donors (Lipinski definition) is 10. The highest BCUT2D eigenvalue weighted by atomic mass is 36.0. The van der Waals surface area contributed by atoms with Crippen LogP contribution < -0.4 is 26.5 Å². The Morgan fingerprint density at radius 2 is 0.976 bits per heavy atom. The van der Waals surface area contributed by atoms with Crippen LogP contribution in [0, 0.1) is 49.4 Å². The smallest absolute Gasteiger partial charge is 0.339 e. The van der Waals surface area contributed by atoms with E-state index in [0.29, 0.717) is 28.5 Å². The molecule has 2 aliphatic heterocycles. The van der Waals surface area contributed by atoms with Crippen LogP contribution in [0.4, 0.5) is 17.1 Å². The fourth-order valence-corrected chi connectivity index (χ4v) is 8.50. The first-order valence-electron chi connectivity index (χ1n) is 20.8. The van der Waals surface area contributed by atoms with Crippen LogP contribution in [-0.4, -0.2) is 88.1 Å². The maximum Gasteiger partial charge on any atom is 0.339 e. The lowest BCUT2D eigenvalue weighted by Gasteiger charge is -2.27. The summed E-state index contributed by atoms with van der Waals surface area (Å²) in [4.78, 5) is 109. The lowest BCUT2D eigenvalue weighted by molar-refractivity contribution is -0.385. The van der Waals surface area contributed by atoms with Crippen molar-refractivity contribution in [1.29, 1.82) is 0 Å². The molecule has 0 atom stereocenters. The van der Waals surface area contributed by atoms with Gasteiger partial charge in [-0.3, -0.25) is 68.8 Å². The molecule has 2 aliphatic rings. The first-order chi connectivity index (χ1) is 37.4. The third kappa shape index (κ3) is 18.7. The molecule has 1 saturated heterocycles. The van der Waals surface area contributed by atoms with Crippen molar-refractivity contribution >= 4 is 163 Å². The van der Waals surface area contributed by atoms with Crippen molar-refractivity contribution in [2.75, 3.05) is 0 Å². The Kier molecular flexibility index (Phi) is 25.1. The number of ether oxygens (including phenoxy) is 1. The molecule has 10 N–H and O–H groups in total. The van der Waals surface area contributed by atoms with Crippen molar-refractivity contribution in [2.24, 2.45) is 0 Å². The number of carbonyl (C=O) groups excluding carboxylic acids is 3. The summed E-state index contributed by atoms with van der Waals surface area (Å²) in [5.74, 6) is -3.45. The van der Waals surface area contributed by atoms with Crippen LogP contribution in [0.1, 0.15) is 76.8 Å². The van der Waals surface area contributed by atoms with Crippen molar-refractivity contribution < 1.29 is 48.7 Å². The normalized spacial score (nSPS) is 12.0. The van der Waals surface area contributed by atoms with E-state index in [0.717, 1.165) is 12.1 Å². The highest BCUT2D eigenvalue weighted by Gasteiger charge is 2.36. The minimum absolute atomic E-state index is 0. The van der Waals surface area contributed by atoms with E-state index in [-0.39, 0.29) is 113 Å². The van der Waals surface area contributed by atoms with Gasteiger partial charge in [-0.15, -0.1) is 0 Å². The standard InChI is InChI=1S/C15H7Cl2N5O3S2.C15H11N5O6S2.C7H5NO3.C4H4N2O2S.2CH4.Cl3OP/c16-10-8-7(5-1-3-6(4-2-5)22(23)24)9-11(17)19-15(27)21-13(9)25-12(8)20-14(26)18-10;21-10-8(11(22)17-14(27)16-10)7(5-1-3-6(4-2-5)20(25)26)9-12(23)18-15(28)19-13(9)24;9-5-6-1-3-7(4-2-6)8(10)11;7-2-1-3(8)6-4(9)5-2;;;1-5(2,3)4/h1-4,7H,(H,18,20,26)(H,19,21,27);1-4,7H,(H3,16,17,21,22,27)(H3,18,19,23,24,28);1-5H;1H2,(H2,5,6,7,8,9);2*1H4;. The predicted octanol–water partition coefficient (Wildman–Crippen LogP) is 11.2. The molecular weight excluding hydrogens is 1310 g/mol. The SMILES string of the molecule is C.C.O=C1CC(=O)NC(=S)N1.O=Cc1ccc([N+](=O)[O-])cc1.O=P(Cl)(Cl)Cl.O=[N+]([O-])c1ccc(C2c3c(nc(=S)[nH]c3Cl)Oc3nc(=S)[nH]c(Cl)c32)cc1.O=c1[nH]c(=S)[nH]c(O)c1C(c1ccc([N+](=O)[O-])cc1)c1c(O)[nH]c(=S)[nH]c1=O. The first-order valence-corrected chi connectivity index (χ1v) is 28.1. The van der Waals surface area contributed by atoms with Crippen molar-refractivity contribution in [3.63, 3.8) is 0 Å². The van der Waals surface area contributed by atoms with E-state index >= 15 is 0 Å². The third-order valence-corrected chi connectivity index (χ3v) is 11.6. The summed E-state index contributed by atoms with van der Waals surface area (Å²) in [5.41, 5.74) is -0.247. The molecule has 0 unspecified atom stereocenters. The highest BCUT2D eigenvalue weighted by Crippen LogP contribution is 2.61. The molecular formula is C43H35Cl5N13O15PS5. The number of rotatable bonds is 8. The molecule has 4 aromatic heterocycles. The number of H-pyrrole nitrogens is 6. The molecule has 2 amide bonds. The molecule has 9 rings (SSSR count). The number of amides is 2. The van der Waals surface area contributed by atoms with Crippen LogP contribution in [0.5, 0.6) is 23.5 Å². The Bertz CT molecular complexity index is 3860. The van der Waals surface area contributed by atoms with Gasteiger partial charge in [0.1, 0.15) is 23.0 Å². The zero-order valence-electron chi connectivity index (χ0n) is 38.7. The van der Waals surface area contributed by atoms with E-state index in [2.05, 4.69) is 96.4 Å². The second-order valence-corrected chi connectivity index (χ2v) is 24.5. The second kappa shape index (κ2) is 29.9. The van der Waals surface area contributed by atoms with Gasteiger partial charge in [0.2, 0.25) is 33.1 Å². The number of aromatic hydroxyl groups is 2. The fraction of sp³-hybridized carbons (Fsp3) is 0.116. The zero-order valence-corrected chi connectivity index (χ0v) is 47.4. The quantitative estimate of drug-likeness (QED) is 0.0128. The molecule has 6 heterocycles. The molecule has 3 aromatic carbocycles. The van der Waals surface area contributed by atoms with Gasteiger partial charge in [0.25, 0.3) is 28.2 Å². The Morgan fingerprint density at radius 3 is 1.30 bits per heavy atom. The van der Waals surface area contributed by atoms with Crippen LogP contribution in [0.25, 0.3) is 0 Å². The van der Waals surface area contributed by atoms with Gasteiger partial charge >= 0.3 is 5.20 Å². The molecule has 39 heteroatoms. The average Bonchev–Trinajstić information content (AvgIpc) is 3.53. The molecule has 0 saturated carbocycles. The van der Waals surface area contributed by atoms with E-state index in [4.69, 9.17) is 76.8 Å². The lowest BCUT2D eigenvalue weighted by Crippen LogP contribution is -2.49. The second-order valence-electron chi connectivity index (χ2n) is 15.1. The molecule has 0 bridgehead atoms. The monoisotopic (exact) mass is 1340 g/mol. The summed E-state index contributed by atoms with van der Waals surface area (Å²) in [5, 5.41) is 54.4. The van der Waals surface area contributed by atoms with Crippen LogP contribution in [-0.2, 0) is 14.2 Å². The topological polar surface area (TPSA) is 426 Å². The summed E-state index contributed by atoms with van der Waals surface area (Å²) in [6.07, 6.45) is 0.518.